The lowest BCUT2D eigenvalue weighted by Gasteiger charge is -2.53. The number of aliphatic carboxylic acids is 2. The minimum absolute atomic E-state index is 0.0769. The Bertz CT molecular complexity index is 2460. The first-order valence-electron chi connectivity index (χ1n) is 25.5. The van der Waals surface area contributed by atoms with Crippen LogP contribution in [0.3, 0.4) is 0 Å². The van der Waals surface area contributed by atoms with Crippen molar-refractivity contribution in [3.05, 3.63) is 88.0 Å². The van der Waals surface area contributed by atoms with Gasteiger partial charge in [0.25, 0.3) is 0 Å². The molecule has 8 rings (SSSR count). The molecule has 0 bridgehead atoms. The second-order valence-corrected chi connectivity index (χ2v) is 21.6. The van der Waals surface area contributed by atoms with Gasteiger partial charge in [0.2, 0.25) is 23.8 Å². The SMILES string of the molecule is CNCNC(O)(CCC(=O)NC(CSC1C2=C3C(CCCCCC14CCCC4)C1(CCCC1)C(Cc1ccncc1)=C1C(NC)CCc4ccccc4CC#CC13C(=O)O2)C(=O)NC(O)C(=O)O)C(=O)O. The number of likely N-dealkylation sites (N-methyl/N-ethyl adjacent to an activating group) is 1. The van der Waals surface area contributed by atoms with Gasteiger partial charge in [-0.15, -0.1) is 11.8 Å². The number of nitrogens with one attached hydrogen (secondary N) is 5. The highest BCUT2D eigenvalue weighted by Crippen LogP contribution is 2.69. The molecule has 0 radical (unpaired) electrons. The number of aliphatic hydroxyl groups is 2. The van der Waals surface area contributed by atoms with Crippen molar-refractivity contribution < 1.29 is 49.1 Å². The third-order valence-corrected chi connectivity index (χ3v) is 18.1. The van der Waals surface area contributed by atoms with Crippen molar-refractivity contribution in [2.45, 2.75) is 151 Å². The van der Waals surface area contributed by atoms with Gasteiger partial charge in [-0.25, -0.2) is 14.4 Å². The highest BCUT2D eigenvalue weighted by Gasteiger charge is 2.67. The van der Waals surface area contributed by atoms with Crippen LogP contribution in [0, 0.1) is 34.0 Å². The van der Waals surface area contributed by atoms with Crippen LogP contribution in [0.15, 0.2) is 71.3 Å². The maximum Gasteiger partial charge on any atom is 0.353 e. The molecule has 3 spiro atoms. The van der Waals surface area contributed by atoms with Gasteiger partial charge in [0.1, 0.15) is 11.8 Å². The number of thioether (sulfide) groups is 1. The average Bonchev–Trinajstić information content (AvgIpc) is 4.12. The fraction of sp³-hybridized carbons (Fsp3) is 0.593. The van der Waals surface area contributed by atoms with Crippen molar-refractivity contribution in [1.82, 2.24) is 31.6 Å². The molecule has 5 aliphatic carbocycles. The minimum Gasteiger partial charge on any atom is -0.478 e. The zero-order valence-corrected chi connectivity index (χ0v) is 41.8. The Morgan fingerprint density at radius 1 is 0.901 bits per heavy atom. The molecule has 2 aromatic rings. The van der Waals surface area contributed by atoms with Crippen molar-refractivity contribution in [2.75, 3.05) is 26.5 Å². The summed E-state index contributed by atoms with van der Waals surface area (Å²) in [5.41, 5.74) is 2.11. The summed E-state index contributed by atoms with van der Waals surface area (Å²) in [7, 11) is 3.53. The second-order valence-electron chi connectivity index (χ2n) is 20.5. The van der Waals surface area contributed by atoms with Crippen LogP contribution >= 0.6 is 11.8 Å². The van der Waals surface area contributed by atoms with E-state index in [2.05, 4.69) is 73.7 Å². The first kappa shape index (κ1) is 52.2. The fourth-order valence-corrected chi connectivity index (χ4v) is 14.7. The van der Waals surface area contributed by atoms with E-state index in [1.165, 1.54) is 22.9 Å². The van der Waals surface area contributed by atoms with Gasteiger partial charge in [-0.2, -0.15) is 0 Å². The molecule has 71 heavy (non-hydrogen) atoms. The van der Waals surface area contributed by atoms with Crippen molar-refractivity contribution in [2.24, 2.45) is 22.2 Å². The number of carbonyl (C=O) groups excluding carboxylic acids is 3. The number of benzene rings is 1. The molecule has 17 heteroatoms. The zero-order chi connectivity index (χ0) is 50.4. The summed E-state index contributed by atoms with van der Waals surface area (Å²) < 4.78 is 7.05. The predicted molar refractivity (Wildman–Crippen MR) is 267 cm³/mol. The molecule has 2 fully saturated rings. The number of hydrogen-bond donors (Lipinski definition) is 9. The lowest BCUT2D eigenvalue weighted by atomic mass is 9.49. The van der Waals surface area contributed by atoms with Crippen LogP contribution in [0.2, 0.25) is 0 Å². The quantitative estimate of drug-likeness (QED) is 0.0454. The summed E-state index contributed by atoms with van der Waals surface area (Å²) >= 11 is 1.40. The van der Waals surface area contributed by atoms with Crippen LogP contribution in [-0.4, -0.2) is 111 Å². The molecule has 1 aliphatic heterocycles. The Morgan fingerprint density at radius 3 is 2.27 bits per heavy atom. The third kappa shape index (κ3) is 10.4. The highest BCUT2D eigenvalue weighted by atomic mass is 32.2. The predicted octanol–water partition coefficient (Wildman–Crippen LogP) is 4.64. The summed E-state index contributed by atoms with van der Waals surface area (Å²) in [5.74, 6) is 2.30. The number of allylic oxidation sites excluding steroid dienone is 1. The molecule has 382 valence electrons. The molecule has 0 saturated heterocycles. The lowest BCUT2D eigenvalue weighted by molar-refractivity contribution is -0.164. The summed E-state index contributed by atoms with van der Waals surface area (Å²) in [5, 5.41) is 53.8. The lowest BCUT2D eigenvalue weighted by Crippen LogP contribution is -2.56. The number of hydrogen-bond acceptors (Lipinski definition) is 13. The van der Waals surface area contributed by atoms with E-state index in [0.29, 0.717) is 18.6 Å². The van der Waals surface area contributed by atoms with Gasteiger partial charge < -0.3 is 46.4 Å². The number of aromatic nitrogens is 1. The van der Waals surface area contributed by atoms with E-state index >= 15 is 4.79 Å². The molecule has 9 N–H and O–H groups in total. The number of ether oxygens (including phenoxy) is 1. The van der Waals surface area contributed by atoms with Crippen LogP contribution in [0.1, 0.15) is 119 Å². The number of carbonyl (C=O) groups is 5. The average molecular weight is 995 g/mol. The number of nitrogens with zero attached hydrogens (tertiary/aromatic N) is 1. The number of aryl methyl sites for hydroxylation is 1. The minimum atomic E-state index is -2.47. The fourth-order valence-electron chi connectivity index (χ4n) is 13.1. The molecule has 2 saturated carbocycles. The largest absolute Gasteiger partial charge is 0.478 e. The Balaban J connectivity index is 1.30. The standard InChI is InChI=1S/C54H70N6O10S/c1-55-33-58-54(69,49(66)67)28-19-41(61)59-40(46(62)60-47(63)48(64)65)32-71-45-44-43-37(16-4-3-7-22-51(45)23-8-9-24-51)52(25-10-11-26-52)38(31-34-20-29-57-30-21-34)42-39(56-2)18-17-36-14-6-5-13-35(36)15-12-27-53(42,43)50(68)70-44/h5-6,13-14,20-21,29-30,37,39-40,45,47,55-56,58,63,69H,3-4,7-11,15-19,22-26,28,31-33H2,1-2H3,(H,59,61)(H,60,62)(H,64,65)(H,66,67). The van der Waals surface area contributed by atoms with Gasteiger partial charge in [-0.3, -0.25) is 19.9 Å². The topological polar surface area (TPSA) is 249 Å². The number of carboxylic acids is 2. The summed E-state index contributed by atoms with van der Waals surface area (Å²) in [6, 6.07) is 10.9. The van der Waals surface area contributed by atoms with Gasteiger partial charge in [-0.1, -0.05) is 86.6 Å². The molecule has 2 heterocycles. The Labute approximate surface area is 420 Å². The van der Waals surface area contributed by atoms with E-state index in [1.54, 1.807) is 7.05 Å². The Kier molecular flexibility index (Phi) is 16.4. The van der Waals surface area contributed by atoms with Crippen LogP contribution in [0.25, 0.3) is 0 Å². The van der Waals surface area contributed by atoms with Gasteiger partial charge in [0, 0.05) is 55.7 Å². The van der Waals surface area contributed by atoms with Crippen molar-refractivity contribution in [3.63, 3.8) is 0 Å². The molecule has 16 nitrogen and oxygen atoms in total. The molecular formula is C54H70N6O10S. The highest BCUT2D eigenvalue weighted by molar-refractivity contribution is 8.00. The second kappa shape index (κ2) is 22.4. The van der Waals surface area contributed by atoms with Crippen LogP contribution in [0.5, 0.6) is 0 Å². The summed E-state index contributed by atoms with van der Waals surface area (Å²) in [4.78, 5) is 72.0. The normalized spacial score (nSPS) is 26.1. The monoisotopic (exact) mass is 994 g/mol. The van der Waals surface area contributed by atoms with E-state index in [-0.39, 0.29) is 35.2 Å². The van der Waals surface area contributed by atoms with E-state index in [1.807, 2.05) is 25.5 Å². The van der Waals surface area contributed by atoms with Crippen LogP contribution in [-0.2, 0) is 48.0 Å². The Hall–Kier alpha value is -5.09. The third-order valence-electron chi connectivity index (χ3n) is 16.5. The number of fused-ring (bicyclic) bond motifs is 2. The van der Waals surface area contributed by atoms with Gasteiger partial charge >= 0.3 is 17.9 Å². The number of pyridine rings is 1. The van der Waals surface area contributed by atoms with E-state index in [9.17, 15) is 39.6 Å². The molecular weight excluding hydrogens is 925 g/mol. The number of carboxylic acid groups (broad SMARTS) is 2. The molecule has 7 unspecified atom stereocenters. The molecule has 1 aromatic carbocycles. The first-order chi connectivity index (χ1) is 34.2. The van der Waals surface area contributed by atoms with E-state index in [4.69, 9.17) is 4.74 Å². The zero-order valence-electron chi connectivity index (χ0n) is 40.9. The molecule has 6 aliphatic rings. The van der Waals surface area contributed by atoms with Gasteiger partial charge in [0.15, 0.2) is 5.41 Å². The van der Waals surface area contributed by atoms with Crippen molar-refractivity contribution in [1.29, 1.82) is 0 Å². The number of esters is 1. The molecule has 1 aromatic heterocycles. The van der Waals surface area contributed by atoms with E-state index < -0.39 is 71.2 Å². The number of amides is 2. The van der Waals surface area contributed by atoms with Crippen molar-refractivity contribution in [3.8, 4) is 11.8 Å². The number of rotatable bonds is 17. The van der Waals surface area contributed by atoms with Crippen LogP contribution < -0.4 is 26.6 Å². The van der Waals surface area contributed by atoms with Crippen molar-refractivity contribution >= 4 is 41.5 Å². The Morgan fingerprint density at radius 2 is 1.59 bits per heavy atom. The van der Waals surface area contributed by atoms with Gasteiger partial charge in [0.05, 0.1) is 5.25 Å². The maximum absolute atomic E-state index is 15.9. The number of aliphatic hydroxyl groups excluding tert-OH is 1. The molecule has 2 amide bonds. The van der Waals surface area contributed by atoms with Gasteiger partial charge in [-0.05, 0) is 123 Å². The van der Waals surface area contributed by atoms with E-state index in [0.717, 1.165) is 119 Å². The molecule has 7 atom stereocenters. The summed E-state index contributed by atoms with van der Waals surface area (Å²) in [6.45, 7) is -0.0769. The smallest absolute Gasteiger partial charge is 0.353 e. The van der Waals surface area contributed by atoms with Crippen LogP contribution in [0.4, 0.5) is 0 Å². The first-order valence-corrected chi connectivity index (χ1v) is 26.6. The summed E-state index contributed by atoms with van der Waals surface area (Å²) in [6.07, 6.45) is 15.0. The maximum atomic E-state index is 15.9.